The topological polar surface area (TPSA) is 199 Å². The first kappa shape index (κ1) is 29.7. The molecule has 1 aliphatic carbocycles. The Kier molecular flexibility index (Phi) is 8.12. The monoisotopic (exact) mass is 589 g/mol. The van der Waals surface area contributed by atoms with E-state index in [9.17, 15) is 27.9 Å². The number of carboxylic acid groups (broad SMARTS) is 1. The van der Waals surface area contributed by atoms with Crippen LogP contribution in [0.25, 0.3) is 0 Å². The Hall–Kier alpha value is -3.29. The van der Waals surface area contributed by atoms with Gasteiger partial charge in [0.1, 0.15) is 17.5 Å². The van der Waals surface area contributed by atoms with Crippen LogP contribution < -0.4 is 22.5 Å². The van der Waals surface area contributed by atoms with Gasteiger partial charge in [0, 0.05) is 16.1 Å². The van der Waals surface area contributed by atoms with Crippen LogP contribution in [0.2, 0.25) is 0 Å². The number of nitrogens with one attached hydrogen (secondary N) is 1. The second kappa shape index (κ2) is 10.9. The summed E-state index contributed by atoms with van der Waals surface area (Å²) in [6.45, 7) is 3.62. The molecule has 2 aromatic rings. The summed E-state index contributed by atoms with van der Waals surface area (Å²) < 4.78 is 23.8. The normalized spacial score (nSPS) is 24.6. The predicted octanol–water partition coefficient (Wildman–Crippen LogP) is 1.96. The van der Waals surface area contributed by atoms with Crippen LogP contribution in [0.1, 0.15) is 46.0 Å². The van der Waals surface area contributed by atoms with E-state index in [4.69, 9.17) is 17.2 Å². The van der Waals surface area contributed by atoms with Crippen LogP contribution >= 0.6 is 11.8 Å². The molecule has 2 aromatic carbocycles. The van der Waals surface area contributed by atoms with Gasteiger partial charge in [0.15, 0.2) is 0 Å². The molecule has 3 atom stereocenters. The third-order valence-electron chi connectivity index (χ3n) is 7.54. The van der Waals surface area contributed by atoms with Crippen LogP contribution in [0.4, 0.5) is 11.4 Å². The Bertz CT molecular complexity index is 1340. The van der Waals surface area contributed by atoms with E-state index in [1.807, 2.05) is 13.8 Å². The van der Waals surface area contributed by atoms with Crippen molar-refractivity contribution in [3.8, 4) is 0 Å². The number of carbonyl (C=O) groups excluding carboxylic acids is 2. The lowest BCUT2D eigenvalue weighted by Gasteiger charge is -2.45. The zero-order valence-electron chi connectivity index (χ0n) is 22.4. The number of hydrogen-bond donors (Lipinski definition) is 5. The van der Waals surface area contributed by atoms with Crippen LogP contribution in [0.15, 0.2) is 58.3 Å². The lowest BCUT2D eigenvalue weighted by atomic mass is 9.81. The van der Waals surface area contributed by atoms with Gasteiger partial charge >= 0.3 is 5.97 Å². The fourth-order valence-corrected chi connectivity index (χ4v) is 8.16. The minimum atomic E-state index is -3.48. The maximum atomic E-state index is 12.5. The number of benzene rings is 2. The summed E-state index contributed by atoms with van der Waals surface area (Å²) in [6.07, 6.45) is 4.17. The van der Waals surface area contributed by atoms with Crippen LogP contribution in [-0.2, 0) is 24.2 Å². The molecule has 1 saturated carbocycles. The molecule has 40 heavy (non-hydrogen) atoms. The molecule has 5 rings (SSSR count). The van der Waals surface area contributed by atoms with Crippen LogP contribution in [0.3, 0.4) is 0 Å². The molecule has 0 unspecified atom stereocenters. The first-order valence-electron chi connectivity index (χ1n) is 13.0. The van der Waals surface area contributed by atoms with E-state index < -0.39 is 38.2 Å². The molecule has 11 nitrogen and oxygen atoms in total. The Morgan fingerprint density at radius 1 is 0.950 bits per heavy atom. The highest BCUT2D eigenvalue weighted by Gasteiger charge is 2.64. The van der Waals surface area contributed by atoms with E-state index in [1.54, 1.807) is 24.3 Å². The van der Waals surface area contributed by atoms with E-state index in [-0.39, 0.29) is 27.0 Å². The number of hydrogen-bond acceptors (Lipinski definition) is 9. The number of sulfone groups is 1. The van der Waals surface area contributed by atoms with Crippen molar-refractivity contribution >= 4 is 50.8 Å². The SMILES string of the molecule is CC1(C)S[C@@H]2[C@H](NC(=O)C3(N)CCCCC3)C(=O)N2[C@H]1C(=O)O.Nc1ccc(S(=O)(=O)c2ccc(N)cc2)cc1. The number of carboxylic acids is 1. The maximum Gasteiger partial charge on any atom is 0.327 e. The zero-order chi connectivity index (χ0) is 29.5. The average molecular weight is 590 g/mol. The molecule has 0 spiro atoms. The first-order valence-corrected chi connectivity index (χ1v) is 15.3. The highest BCUT2D eigenvalue weighted by atomic mass is 32.2. The van der Waals surface area contributed by atoms with Gasteiger partial charge in [-0.15, -0.1) is 11.8 Å². The Morgan fingerprint density at radius 2 is 1.43 bits per heavy atom. The molecule has 13 heteroatoms. The molecule has 2 heterocycles. The molecule has 2 aliphatic heterocycles. The number of nitrogens with two attached hydrogens (primary N) is 3. The van der Waals surface area contributed by atoms with Gasteiger partial charge in [-0.3, -0.25) is 9.59 Å². The van der Waals surface area contributed by atoms with Crippen LogP contribution in [0, 0.1) is 0 Å². The lowest BCUT2D eigenvalue weighted by Crippen LogP contribution is -2.72. The van der Waals surface area contributed by atoms with Gasteiger partial charge in [0.05, 0.1) is 15.3 Å². The van der Waals surface area contributed by atoms with Gasteiger partial charge in [-0.2, -0.15) is 0 Å². The van der Waals surface area contributed by atoms with Gasteiger partial charge in [-0.05, 0) is 75.2 Å². The van der Waals surface area contributed by atoms with Crippen molar-refractivity contribution in [3.05, 3.63) is 48.5 Å². The quantitative estimate of drug-likeness (QED) is 0.254. The van der Waals surface area contributed by atoms with Crippen LogP contribution in [0.5, 0.6) is 0 Å². The van der Waals surface area contributed by atoms with Crippen molar-refractivity contribution in [1.29, 1.82) is 0 Å². The number of β-lactam (4-membered cyclic amide) rings is 1. The van der Waals surface area contributed by atoms with Gasteiger partial charge in [0.25, 0.3) is 0 Å². The van der Waals surface area contributed by atoms with Gasteiger partial charge < -0.3 is 32.5 Å². The number of nitrogens with zero attached hydrogens (tertiary/aromatic N) is 1. The standard InChI is InChI=1S/C15H23N3O4S.C12H12N2O2S/c1-14(2)9(12(20)21)18-10(19)8(11(18)23-14)17-13(22)15(16)6-4-3-5-7-15;13-9-1-5-11(6-2-9)17(15,16)12-7-3-10(14)4-8-12/h8-9,11H,3-7,16H2,1-2H3,(H,17,22)(H,20,21);1-8H,13-14H2/t8-,9+,11-;/m1./s1. The number of carbonyl (C=O) groups is 3. The zero-order valence-corrected chi connectivity index (χ0v) is 24.0. The Balaban J connectivity index is 0.000000194. The van der Waals surface area contributed by atoms with E-state index in [1.165, 1.54) is 40.9 Å². The number of anilines is 2. The first-order chi connectivity index (χ1) is 18.7. The molecule has 0 aromatic heterocycles. The Labute approximate surface area is 237 Å². The van der Waals surface area contributed by atoms with E-state index in [0.717, 1.165) is 19.3 Å². The largest absolute Gasteiger partial charge is 0.480 e. The third kappa shape index (κ3) is 5.63. The highest BCUT2D eigenvalue weighted by Crippen LogP contribution is 2.50. The van der Waals surface area contributed by atoms with Crippen molar-refractivity contribution in [3.63, 3.8) is 0 Å². The number of amides is 2. The molecule has 2 saturated heterocycles. The fourth-order valence-electron chi connectivity index (χ4n) is 5.27. The minimum absolute atomic E-state index is 0.219. The second-order valence-corrected chi connectivity index (χ2v) is 14.6. The van der Waals surface area contributed by atoms with Gasteiger partial charge in [0.2, 0.25) is 21.7 Å². The molecule has 0 radical (unpaired) electrons. The third-order valence-corrected chi connectivity index (χ3v) is 10.9. The summed E-state index contributed by atoms with van der Waals surface area (Å²) in [5, 5.41) is 11.8. The summed E-state index contributed by atoms with van der Waals surface area (Å²) in [5.74, 6) is -1.62. The smallest absolute Gasteiger partial charge is 0.327 e. The molecule has 8 N–H and O–H groups in total. The van der Waals surface area contributed by atoms with Crippen molar-refractivity contribution in [1.82, 2.24) is 10.2 Å². The van der Waals surface area contributed by atoms with E-state index in [0.29, 0.717) is 24.2 Å². The summed E-state index contributed by atoms with van der Waals surface area (Å²) >= 11 is 1.42. The summed E-state index contributed by atoms with van der Waals surface area (Å²) in [6, 6.07) is 10.7. The summed E-state index contributed by atoms with van der Waals surface area (Å²) in [7, 11) is -3.48. The summed E-state index contributed by atoms with van der Waals surface area (Å²) in [4.78, 5) is 38.1. The highest BCUT2D eigenvalue weighted by molar-refractivity contribution is 8.01. The molecule has 216 valence electrons. The van der Waals surface area contributed by atoms with Crippen molar-refractivity contribution in [2.75, 3.05) is 11.5 Å². The summed E-state index contributed by atoms with van der Waals surface area (Å²) in [5.41, 5.74) is 17.4. The van der Waals surface area contributed by atoms with Crippen molar-refractivity contribution in [2.24, 2.45) is 5.73 Å². The molecular formula is C27H35N5O6S2. The maximum absolute atomic E-state index is 12.5. The number of thioether (sulfide) groups is 1. The number of fused-ring (bicyclic) bond motifs is 1. The Morgan fingerprint density at radius 3 is 1.88 bits per heavy atom. The molecular weight excluding hydrogens is 554 g/mol. The van der Waals surface area contributed by atoms with Crippen molar-refractivity contribution < 1.29 is 27.9 Å². The molecule has 2 amide bonds. The average Bonchev–Trinajstić information content (AvgIpc) is 3.16. The molecule has 3 fully saturated rings. The minimum Gasteiger partial charge on any atom is -0.480 e. The number of rotatable bonds is 5. The predicted molar refractivity (Wildman–Crippen MR) is 153 cm³/mol. The molecule has 3 aliphatic rings. The fraction of sp³-hybridized carbons (Fsp3) is 0.444. The van der Waals surface area contributed by atoms with Gasteiger partial charge in [-0.1, -0.05) is 19.3 Å². The van der Waals surface area contributed by atoms with E-state index in [2.05, 4.69) is 5.32 Å². The van der Waals surface area contributed by atoms with Crippen molar-refractivity contribution in [2.45, 2.75) is 83.5 Å². The van der Waals surface area contributed by atoms with E-state index >= 15 is 0 Å². The molecule has 0 bridgehead atoms. The number of aliphatic carboxylic acids is 1. The lowest BCUT2D eigenvalue weighted by molar-refractivity contribution is -0.161. The van der Waals surface area contributed by atoms with Crippen LogP contribution in [-0.4, -0.2) is 64.0 Å². The second-order valence-electron chi connectivity index (χ2n) is 10.9. The number of nitrogen functional groups attached to an aromatic ring is 2. The van der Waals surface area contributed by atoms with Gasteiger partial charge in [-0.25, -0.2) is 13.2 Å².